The third kappa shape index (κ3) is 5.06. The molecular weight excluding hydrogens is 308 g/mol. The highest BCUT2D eigenvalue weighted by Gasteiger charge is 2.07. The first-order chi connectivity index (χ1) is 11.0. The van der Waals surface area contributed by atoms with E-state index < -0.39 is 5.97 Å². The molecule has 7 nitrogen and oxygen atoms in total. The van der Waals surface area contributed by atoms with Gasteiger partial charge in [0, 0.05) is 16.7 Å². The summed E-state index contributed by atoms with van der Waals surface area (Å²) in [4.78, 5) is 27.6. The van der Waals surface area contributed by atoms with Crippen LogP contribution in [0.3, 0.4) is 0 Å². The maximum atomic E-state index is 11.9. The van der Waals surface area contributed by atoms with Crippen molar-refractivity contribution in [1.29, 1.82) is 0 Å². The van der Waals surface area contributed by atoms with Gasteiger partial charge in [-0.25, -0.2) is 9.59 Å². The molecule has 0 unspecified atom stereocenters. The van der Waals surface area contributed by atoms with E-state index in [9.17, 15) is 9.59 Å². The number of rotatable bonds is 5. The Morgan fingerprint density at radius 2 is 2.00 bits per heavy atom. The number of aryl methyl sites for hydroxylation is 1. The molecule has 0 aliphatic carbocycles. The first kappa shape index (κ1) is 19.1. The lowest BCUT2D eigenvalue weighted by atomic mass is 10.2. The Kier molecular flexibility index (Phi) is 6.88. The van der Waals surface area contributed by atoms with Crippen molar-refractivity contribution in [2.24, 2.45) is 0 Å². The van der Waals surface area contributed by atoms with Gasteiger partial charge in [0.15, 0.2) is 0 Å². The quantitative estimate of drug-likeness (QED) is 0.443. The number of nitrogens with one attached hydrogen (secondary N) is 2. The van der Waals surface area contributed by atoms with Crippen molar-refractivity contribution in [2.45, 2.75) is 13.8 Å². The number of fused-ring (bicyclic) bond motifs is 1. The average molecular weight is 330 g/mol. The van der Waals surface area contributed by atoms with Crippen LogP contribution in [0.4, 0.5) is 10.5 Å². The van der Waals surface area contributed by atoms with Crippen LogP contribution in [0.1, 0.15) is 12.6 Å². The van der Waals surface area contributed by atoms with Crippen molar-refractivity contribution in [3.8, 4) is 0 Å². The maximum absolute atomic E-state index is 11.9. The van der Waals surface area contributed by atoms with E-state index in [1.165, 1.54) is 0 Å². The Morgan fingerprint density at radius 1 is 1.25 bits per heavy atom. The Hall–Kier alpha value is -2.93. The summed E-state index contributed by atoms with van der Waals surface area (Å²) >= 11 is 0. The Bertz CT molecular complexity index is 759. The Balaban J connectivity index is 0.00000288. The zero-order valence-electron chi connectivity index (χ0n) is 13.9. The SMILES string of the molecule is C=C(C)C(=O)OCCNC(=O)Nc1cccc2ccc(C)nc12.N. The molecule has 0 fully saturated rings. The zero-order chi connectivity index (χ0) is 16.8. The minimum Gasteiger partial charge on any atom is -0.460 e. The van der Waals surface area contributed by atoms with Gasteiger partial charge < -0.3 is 21.5 Å². The standard InChI is InChI=1S/C17H19N3O3.H3N/c1-11(2)16(21)23-10-9-18-17(22)20-14-6-4-5-13-8-7-12(3)19-15(13)14;/h4-8H,1,9-10H2,2-3H3,(H2,18,20,22);1H3. The maximum Gasteiger partial charge on any atom is 0.333 e. The number of anilines is 1. The second-order valence-electron chi connectivity index (χ2n) is 5.13. The van der Waals surface area contributed by atoms with E-state index in [0.29, 0.717) is 11.3 Å². The van der Waals surface area contributed by atoms with Gasteiger partial charge in [-0.15, -0.1) is 0 Å². The van der Waals surface area contributed by atoms with Crippen LogP contribution in [0.5, 0.6) is 0 Å². The first-order valence-electron chi connectivity index (χ1n) is 7.21. The molecule has 2 amide bonds. The van der Waals surface area contributed by atoms with E-state index >= 15 is 0 Å². The third-order valence-corrected chi connectivity index (χ3v) is 3.08. The van der Waals surface area contributed by atoms with Gasteiger partial charge in [-0.05, 0) is 26.0 Å². The first-order valence-corrected chi connectivity index (χ1v) is 7.21. The summed E-state index contributed by atoms with van der Waals surface area (Å²) < 4.78 is 4.90. The number of nitrogens with zero attached hydrogens (tertiary/aromatic N) is 1. The van der Waals surface area contributed by atoms with Gasteiger partial charge in [-0.2, -0.15) is 0 Å². The number of benzene rings is 1. The van der Waals surface area contributed by atoms with Gasteiger partial charge in [0.2, 0.25) is 0 Å². The van der Waals surface area contributed by atoms with Crippen LogP contribution in [-0.4, -0.2) is 30.1 Å². The van der Waals surface area contributed by atoms with Crippen molar-refractivity contribution < 1.29 is 14.3 Å². The number of para-hydroxylation sites is 1. The molecule has 1 aromatic heterocycles. The van der Waals surface area contributed by atoms with Gasteiger partial charge in [-0.1, -0.05) is 24.8 Å². The number of hydrogen-bond acceptors (Lipinski definition) is 5. The van der Waals surface area contributed by atoms with Gasteiger partial charge >= 0.3 is 12.0 Å². The number of esters is 1. The van der Waals surface area contributed by atoms with Crippen LogP contribution >= 0.6 is 0 Å². The summed E-state index contributed by atoms with van der Waals surface area (Å²) in [6.45, 7) is 7.24. The van der Waals surface area contributed by atoms with Crippen molar-refractivity contribution in [2.75, 3.05) is 18.5 Å². The third-order valence-electron chi connectivity index (χ3n) is 3.08. The topological polar surface area (TPSA) is 115 Å². The highest BCUT2D eigenvalue weighted by Crippen LogP contribution is 2.21. The van der Waals surface area contributed by atoms with Gasteiger partial charge in [0.05, 0.1) is 17.7 Å². The summed E-state index contributed by atoms with van der Waals surface area (Å²) in [5, 5.41) is 6.32. The Labute approximate surface area is 140 Å². The van der Waals surface area contributed by atoms with Crippen LogP contribution in [0.15, 0.2) is 42.5 Å². The fraction of sp³-hybridized carbons (Fsp3) is 0.235. The molecule has 2 aromatic rings. The lowest BCUT2D eigenvalue weighted by Gasteiger charge is -2.10. The van der Waals surface area contributed by atoms with Crippen LogP contribution in [0.2, 0.25) is 0 Å². The molecule has 24 heavy (non-hydrogen) atoms. The monoisotopic (exact) mass is 330 g/mol. The number of carbonyl (C=O) groups excluding carboxylic acids is 2. The molecule has 0 aliphatic heterocycles. The van der Waals surface area contributed by atoms with E-state index in [1.807, 2.05) is 31.2 Å². The molecule has 128 valence electrons. The number of urea groups is 1. The smallest absolute Gasteiger partial charge is 0.333 e. The van der Waals surface area contributed by atoms with Gasteiger partial charge in [0.25, 0.3) is 0 Å². The molecule has 0 bridgehead atoms. The number of ether oxygens (including phenoxy) is 1. The molecule has 0 atom stereocenters. The zero-order valence-corrected chi connectivity index (χ0v) is 13.9. The van der Waals surface area contributed by atoms with E-state index in [1.54, 1.807) is 13.0 Å². The second kappa shape index (κ2) is 8.64. The van der Waals surface area contributed by atoms with E-state index in [0.717, 1.165) is 16.6 Å². The molecule has 1 aromatic carbocycles. The number of aromatic nitrogens is 1. The van der Waals surface area contributed by atoms with Crippen LogP contribution < -0.4 is 16.8 Å². The molecular formula is C17H22N4O3. The number of hydrogen-bond donors (Lipinski definition) is 3. The summed E-state index contributed by atoms with van der Waals surface area (Å²) in [7, 11) is 0. The van der Waals surface area contributed by atoms with Crippen molar-refractivity contribution >= 4 is 28.6 Å². The normalized spacial score (nSPS) is 9.75. The lowest BCUT2D eigenvalue weighted by Crippen LogP contribution is -2.32. The molecule has 0 saturated heterocycles. The summed E-state index contributed by atoms with van der Waals surface area (Å²) in [5.74, 6) is -0.471. The highest BCUT2D eigenvalue weighted by molar-refractivity contribution is 5.99. The number of pyridine rings is 1. The molecule has 0 saturated carbocycles. The number of carbonyl (C=O) groups is 2. The lowest BCUT2D eigenvalue weighted by molar-refractivity contribution is -0.138. The minimum absolute atomic E-state index is 0. The number of amides is 2. The molecule has 0 radical (unpaired) electrons. The molecule has 1 heterocycles. The average Bonchev–Trinajstić information content (AvgIpc) is 2.51. The van der Waals surface area contributed by atoms with Crippen LogP contribution in [0.25, 0.3) is 10.9 Å². The fourth-order valence-corrected chi connectivity index (χ4v) is 1.94. The summed E-state index contributed by atoms with van der Waals surface area (Å²) in [5.41, 5.74) is 2.56. The molecule has 2 rings (SSSR count). The Morgan fingerprint density at radius 3 is 2.71 bits per heavy atom. The molecule has 5 N–H and O–H groups in total. The largest absolute Gasteiger partial charge is 0.460 e. The predicted molar refractivity (Wildman–Crippen MR) is 94.3 cm³/mol. The molecule has 0 spiro atoms. The molecule has 7 heteroatoms. The predicted octanol–water partition coefficient (Wildman–Crippen LogP) is 2.95. The van der Waals surface area contributed by atoms with Crippen LogP contribution in [0, 0.1) is 6.92 Å². The van der Waals surface area contributed by atoms with Crippen LogP contribution in [-0.2, 0) is 9.53 Å². The van der Waals surface area contributed by atoms with Gasteiger partial charge in [0.1, 0.15) is 6.61 Å². The summed E-state index contributed by atoms with van der Waals surface area (Å²) in [6, 6.07) is 9.06. The second-order valence-corrected chi connectivity index (χ2v) is 5.13. The minimum atomic E-state index is -0.471. The van der Waals surface area contributed by atoms with E-state index in [-0.39, 0.29) is 25.3 Å². The summed E-state index contributed by atoms with van der Waals surface area (Å²) in [6.07, 6.45) is 0. The van der Waals surface area contributed by atoms with E-state index in [4.69, 9.17) is 4.74 Å². The van der Waals surface area contributed by atoms with Crippen molar-refractivity contribution in [1.82, 2.24) is 16.5 Å². The molecule has 0 aliphatic rings. The van der Waals surface area contributed by atoms with Crippen molar-refractivity contribution in [3.05, 3.63) is 48.2 Å². The van der Waals surface area contributed by atoms with Gasteiger partial charge in [-0.3, -0.25) is 4.98 Å². The fourth-order valence-electron chi connectivity index (χ4n) is 1.94. The highest BCUT2D eigenvalue weighted by atomic mass is 16.5. The van der Waals surface area contributed by atoms with Crippen molar-refractivity contribution in [3.63, 3.8) is 0 Å². The van der Waals surface area contributed by atoms with E-state index in [2.05, 4.69) is 22.2 Å².